The summed E-state index contributed by atoms with van der Waals surface area (Å²) in [6, 6.07) is 0. The molecule has 0 fully saturated rings. The van der Waals surface area contributed by atoms with Gasteiger partial charge in [0.2, 0.25) is 0 Å². The second kappa shape index (κ2) is 6.05. The Morgan fingerprint density at radius 3 is 2.60 bits per heavy atom. The van der Waals surface area contributed by atoms with Gasteiger partial charge in [0.1, 0.15) is 5.03 Å². The first-order valence-corrected chi connectivity index (χ1v) is 6.63. The average Bonchev–Trinajstić information content (AvgIpc) is 2.50. The molecule has 2 N–H and O–H groups in total. The van der Waals surface area contributed by atoms with E-state index in [0.29, 0.717) is 0 Å². The van der Waals surface area contributed by atoms with Crippen molar-refractivity contribution in [2.45, 2.75) is 44.6 Å². The summed E-state index contributed by atoms with van der Waals surface area (Å²) in [5.74, 6) is 1.14. The molecular formula is C11H21N3S. The fraction of sp³-hybridized carbons (Fsp3) is 0.727. The Morgan fingerprint density at radius 2 is 2.07 bits per heavy atom. The normalized spacial score (nSPS) is 10.9. The Bertz CT molecular complexity index is 307. The van der Waals surface area contributed by atoms with Crippen molar-refractivity contribution in [1.82, 2.24) is 9.78 Å². The maximum atomic E-state index is 6.03. The second-order valence-corrected chi connectivity index (χ2v) is 4.78. The summed E-state index contributed by atoms with van der Waals surface area (Å²) in [4.78, 5) is 0. The molecule has 1 rings (SSSR count). The summed E-state index contributed by atoms with van der Waals surface area (Å²) < 4.78 is 1.91. The first-order chi connectivity index (χ1) is 7.20. The quantitative estimate of drug-likeness (QED) is 0.600. The van der Waals surface area contributed by atoms with E-state index in [1.54, 1.807) is 0 Å². The number of aryl methyl sites for hydroxylation is 2. The Balaban J connectivity index is 2.56. The van der Waals surface area contributed by atoms with Crippen LogP contribution in [0.5, 0.6) is 0 Å². The number of unbranched alkanes of at least 4 members (excludes halogenated alkanes) is 2. The fourth-order valence-corrected chi connectivity index (χ4v) is 2.57. The molecule has 1 aromatic rings. The van der Waals surface area contributed by atoms with Gasteiger partial charge in [-0.1, -0.05) is 26.7 Å². The van der Waals surface area contributed by atoms with E-state index in [1.807, 2.05) is 23.5 Å². The molecule has 0 unspecified atom stereocenters. The van der Waals surface area contributed by atoms with Gasteiger partial charge in [-0.3, -0.25) is 4.68 Å². The summed E-state index contributed by atoms with van der Waals surface area (Å²) in [5, 5.41) is 5.53. The third-order valence-electron chi connectivity index (χ3n) is 2.43. The number of hydrogen-bond donors (Lipinski definition) is 1. The van der Waals surface area contributed by atoms with Crippen molar-refractivity contribution >= 4 is 17.4 Å². The number of nitrogens with two attached hydrogens (primary N) is 1. The molecule has 0 radical (unpaired) electrons. The number of nitrogens with zero attached hydrogens (tertiary/aromatic N) is 2. The molecule has 0 aliphatic heterocycles. The summed E-state index contributed by atoms with van der Waals surface area (Å²) in [6.07, 6.45) is 4.73. The molecular weight excluding hydrogens is 206 g/mol. The molecule has 15 heavy (non-hydrogen) atoms. The molecule has 4 heteroatoms. The minimum absolute atomic E-state index is 0.876. The van der Waals surface area contributed by atoms with Crippen LogP contribution in [0, 0.1) is 0 Å². The molecule has 0 aromatic carbocycles. The van der Waals surface area contributed by atoms with Gasteiger partial charge in [-0.15, -0.1) is 11.8 Å². The predicted molar refractivity (Wildman–Crippen MR) is 67.2 cm³/mol. The Kier molecular flexibility index (Phi) is 5.02. The van der Waals surface area contributed by atoms with Gasteiger partial charge in [-0.05, 0) is 18.6 Å². The van der Waals surface area contributed by atoms with Crippen LogP contribution in [0.15, 0.2) is 5.03 Å². The van der Waals surface area contributed by atoms with Crippen molar-refractivity contribution < 1.29 is 0 Å². The van der Waals surface area contributed by atoms with E-state index in [0.717, 1.165) is 28.6 Å². The van der Waals surface area contributed by atoms with Gasteiger partial charge < -0.3 is 5.73 Å². The molecule has 0 aliphatic carbocycles. The molecule has 0 bridgehead atoms. The van der Waals surface area contributed by atoms with E-state index >= 15 is 0 Å². The van der Waals surface area contributed by atoms with Crippen molar-refractivity contribution in [3.05, 3.63) is 5.69 Å². The Morgan fingerprint density at radius 1 is 1.33 bits per heavy atom. The van der Waals surface area contributed by atoms with Crippen LogP contribution in [0.4, 0.5) is 5.69 Å². The fourth-order valence-electron chi connectivity index (χ4n) is 1.53. The van der Waals surface area contributed by atoms with E-state index in [4.69, 9.17) is 5.73 Å². The van der Waals surface area contributed by atoms with Crippen LogP contribution in [0.2, 0.25) is 0 Å². The molecule has 1 aromatic heterocycles. The van der Waals surface area contributed by atoms with Crippen molar-refractivity contribution in [2.24, 2.45) is 7.05 Å². The summed E-state index contributed by atoms with van der Waals surface area (Å²) >= 11 is 1.83. The lowest BCUT2D eigenvalue weighted by molar-refractivity contribution is 0.686. The van der Waals surface area contributed by atoms with Crippen molar-refractivity contribution in [3.8, 4) is 0 Å². The number of aromatic nitrogens is 2. The predicted octanol–water partition coefficient (Wildman–Crippen LogP) is 2.85. The van der Waals surface area contributed by atoms with E-state index in [9.17, 15) is 0 Å². The number of thioether (sulfide) groups is 1. The minimum Gasteiger partial charge on any atom is -0.395 e. The van der Waals surface area contributed by atoms with E-state index < -0.39 is 0 Å². The molecule has 1 heterocycles. The number of anilines is 1. The summed E-state index contributed by atoms with van der Waals surface area (Å²) in [7, 11) is 1.97. The zero-order valence-corrected chi connectivity index (χ0v) is 10.7. The molecule has 0 saturated carbocycles. The van der Waals surface area contributed by atoms with Gasteiger partial charge in [0.05, 0.1) is 11.4 Å². The van der Waals surface area contributed by atoms with Crippen LogP contribution in [0.25, 0.3) is 0 Å². The first kappa shape index (κ1) is 12.4. The summed E-state index contributed by atoms with van der Waals surface area (Å²) in [6.45, 7) is 4.31. The van der Waals surface area contributed by atoms with E-state index in [-0.39, 0.29) is 0 Å². The maximum absolute atomic E-state index is 6.03. The van der Waals surface area contributed by atoms with Crippen molar-refractivity contribution in [3.63, 3.8) is 0 Å². The zero-order valence-electron chi connectivity index (χ0n) is 9.92. The van der Waals surface area contributed by atoms with Gasteiger partial charge in [-0.2, -0.15) is 5.10 Å². The summed E-state index contributed by atoms with van der Waals surface area (Å²) in [5.41, 5.74) is 7.93. The van der Waals surface area contributed by atoms with Gasteiger partial charge in [-0.25, -0.2) is 0 Å². The van der Waals surface area contributed by atoms with Crippen molar-refractivity contribution in [2.75, 3.05) is 11.5 Å². The highest BCUT2D eigenvalue weighted by atomic mass is 32.2. The lowest BCUT2D eigenvalue weighted by Gasteiger charge is -2.02. The Labute approximate surface area is 96.4 Å². The standard InChI is InChI=1S/C11H21N3S/c1-4-6-7-8-15-11-10(12)9(5-2)13-14(11)3/h4-8,12H2,1-3H3. The van der Waals surface area contributed by atoms with Crippen LogP contribution >= 0.6 is 11.8 Å². The van der Waals surface area contributed by atoms with E-state index in [2.05, 4.69) is 18.9 Å². The molecule has 0 amide bonds. The first-order valence-electron chi connectivity index (χ1n) is 5.64. The third-order valence-corrected chi connectivity index (χ3v) is 3.68. The SMILES string of the molecule is CCCCCSc1c(N)c(CC)nn1C. The largest absolute Gasteiger partial charge is 0.395 e. The van der Waals surface area contributed by atoms with Crippen LogP contribution < -0.4 is 5.73 Å². The average molecular weight is 227 g/mol. The molecule has 86 valence electrons. The van der Waals surface area contributed by atoms with Crippen LogP contribution in [-0.2, 0) is 13.5 Å². The zero-order chi connectivity index (χ0) is 11.3. The second-order valence-electron chi connectivity index (χ2n) is 3.70. The highest BCUT2D eigenvalue weighted by molar-refractivity contribution is 7.99. The molecule has 0 spiro atoms. The van der Waals surface area contributed by atoms with Crippen LogP contribution in [0.3, 0.4) is 0 Å². The number of nitrogen functional groups attached to an aromatic ring is 1. The highest BCUT2D eigenvalue weighted by Crippen LogP contribution is 2.28. The minimum atomic E-state index is 0.876. The van der Waals surface area contributed by atoms with Gasteiger partial charge in [0.25, 0.3) is 0 Å². The van der Waals surface area contributed by atoms with Gasteiger partial charge >= 0.3 is 0 Å². The van der Waals surface area contributed by atoms with Crippen LogP contribution in [0.1, 0.15) is 38.8 Å². The monoisotopic (exact) mass is 227 g/mol. The number of hydrogen-bond acceptors (Lipinski definition) is 3. The van der Waals surface area contributed by atoms with Gasteiger partial charge in [0.15, 0.2) is 0 Å². The number of rotatable bonds is 6. The molecule has 0 saturated heterocycles. The molecule has 3 nitrogen and oxygen atoms in total. The lowest BCUT2D eigenvalue weighted by Crippen LogP contribution is -1.95. The lowest BCUT2D eigenvalue weighted by atomic mass is 10.3. The van der Waals surface area contributed by atoms with Gasteiger partial charge in [0, 0.05) is 7.05 Å². The van der Waals surface area contributed by atoms with Crippen LogP contribution in [-0.4, -0.2) is 15.5 Å². The highest BCUT2D eigenvalue weighted by Gasteiger charge is 2.11. The topological polar surface area (TPSA) is 43.8 Å². The Hall–Kier alpha value is -0.640. The van der Waals surface area contributed by atoms with E-state index in [1.165, 1.54) is 19.3 Å². The molecule has 0 atom stereocenters. The third kappa shape index (κ3) is 3.16. The smallest absolute Gasteiger partial charge is 0.117 e. The maximum Gasteiger partial charge on any atom is 0.117 e. The van der Waals surface area contributed by atoms with Crippen molar-refractivity contribution in [1.29, 1.82) is 0 Å². The molecule has 0 aliphatic rings.